The third-order valence-electron chi connectivity index (χ3n) is 2.91. The zero-order chi connectivity index (χ0) is 7.72. The fourth-order valence-electron chi connectivity index (χ4n) is 1.67. The van der Waals surface area contributed by atoms with Crippen LogP contribution in [0, 0.1) is 17.8 Å². The second-order valence-corrected chi connectivity index (χ2v) is 3.68. The molecule has 0 amide bonds. The van der Waals surface area contributed by atoms with Crippen molar-refractivity contribution in [1.82, 2.24) is 0 Å². The molecule has 0 nitrogen and oxygen atoms in total. The number of rotatable bonds is 3. The molecule has 1 fully saturated rings. The summed E-state index contributed by atoms with van der Waals surface area (Å²) in [6, 6.07) is 0. The summed E-state index contributed by atoms with van der Waals surface area (Å²) >= 11 is 0. The molecule has 1 aliphatic rings. The summed E-state index contributed by atoms with van der Waals surface area (Å²) in [6.45, 7) is 10.9. The molecule has 3 unspecified atom stereocenters. The molecule has 1 saturated carbocycles. The van der Waals surface area contributed by atoms with E-state index in [1.165, 1.54) is 12.0 Å². The summed E-state index contributed by atoms with van der Waals surface area (Å²) in [5, 5.41) is 0. The normalized spacial score (nSPS) is 33.5. The van der Waals surface area contributed by atoms with E-state index in [1.54, 1.807) is 0 Å². The number of hydrogen-bond acceptors (Lipinski definition) is 0. The summed E-state index contributed by atoms with van der Waals surface area (Å²) in [6.07, 6.45) is 2.59. The minimum absolute atomic E-state index is 0.778. The molecule has 0 aromatic heterocycles. The highest BCUT2D eigenvalue weighted by Gasteiger charge is 2.37. The highest BCUT2D eigenvalue weighted by molar-refractivity contribution is 5.05. The van der Waals surface area contributed by atoms with Gasteiger partial charge in [0.25, 0.3) is 0 Å². The third kappa shape index (κ3) is 1.42. The fraction of sp³-hybridized carbons (Fsp3) is 0.800. The minimum atomic E-state index is 0.778. The Labute approximate surface area is 64.3 Å². The molecule has 0 saturated heterocycles. The fourth-order valence-corrected chi connectivity index (χ4v) is 1.67. The van der Waals surface area contributed by atoms with Gasteiger partial charge in [-0.05, 0) is 30.6 Å². The van der Waals surface area contributed by atoms with Crippen LogP contribution < -0.4 is 0 Å². The molecular formula is C10H18. The topological polar surface area (TPSA) is 0 Å². The van der Waals surface area contributed by atoms with Gasteiger partial charge in [0.2, 0.25) is 0 Å². The van der Waals surface area contributed by atoms with Gasteiger partial charge in [0.05, 0.1) is 0 Å². The van der Waals surface area contributed by atoms with E-state index < -0.39 is 0 Å². The Morgan fingerprint density at radius 2 is 2.20 bits per heavy atom. The van der Waals surface area contributed by atoms with Gasteiger partial charge in [-0.25, -0.2) is 0 Å². The highest BCUT2D eigenvalue weighted by Crippen LogP contribution is 2.46. The first-order chi connectivity index (χ1) is 4.66. The van der Waals surface area contributed by atoms with E-state index in [4.69, 9.17) is 0 Å². The summed E-state index contributed by atoms with van der Waals surface area (Å²) in [4.78, 5) is 0. The minimum Gasteiger partial charge on any atom is -0.0996 e. The summed E-state index contributed by atoms with van der Waals surface area (Å²) in [5.41, 5.74) is 1.44. The first-order valence-electron chi connectivity index (χ1n) is 4.34. The first-order valence-corrected chi connectivity index (χ1v) is 4.34. The van der Waals surface area contributed by atoms with Gasteiger partial charge in [0, 0.05) is 0 Å². The Morgan fingerprint density at radius 3 is 2.50 bits per heavy atom. The van der Waals surface area contributed by atoms with E-state index in [1.807, 2.05) is 0 Å². The lowest BCUT2D eigenvalue weighted by atomic mass is 9.94. The van der Waals surface area contributed by atoms with Gasteiger partial charge in [-0.1, -0.05) is 32.9 Å². The van der Waals surface area contributed by atoms with E-state index in [2.05, 4.69) is 27.4 Å². The van der Waals surface area contributed by atoms with Crippen molar-refractivity contribution in [2.75, 3.05) is 0 Å². The quantitative estimate of drug-likeness (QED) is 0.525. The van der Waals surface area contributed by atoms with Gasteiger partial charge in [0.15, 0.2) is 0 Å². The molecule has 3 atom stereocenters. The predicted molar refractivity (Wildman–Crippen MR) is 45.9 cm³/mol. The SMILES string of the molecule is C=C(CC)C(C)C1CC1C. The predicted octanol–water partition coefficient (Wildman–Crippen LogP) is 3.24. The summed E-state index contributed by atoms with van der Waals surface area (Å²) < 4.78 is 0. The Hall–Kier alpha value is -0.260. The number of hydrogen-bond donors (Lipinski definition) is 0. The van der Waals surface area contributed by atoms with Crippen molar-refractivity contribution in [1.29, 1.82) is 0 Å². The van der Waals surface area contributed by atoms with Gasteiger partial charge in [-0.15, -0.1) is 0 Å². The van der Waals surface area contributed by atoms with E-state index in [0.29, 0.717) is 0 Å². The van der Waals surface area contributed by atoms with Crippen molar-refractivity contribution < 1.29 is 0 Å². The van der Waals surface area contributed by atoms with Gasteiger partial charge in [-0.3, -0.25) is 0 Å². The molecule has 0 bridgehead atoms. The average molecular weight is 138 g/mol. The maximum absolute atomic E-state index is 4.07. The molecule has 0 spiro atoms. The molecule has 1 rings (SSSR count). The largest absolute Gasteiger partial charge is 0.0996 e. The molecule has 0 N–H and O–H groups in total. The van der Waals surface area contributed by atoms with Gasteiger partial charge in [-0.2, -0.15) is 0 Å². The van der Waals surface area contributed by atoms with E-state index >= 15 is 0 Å². The van der Waals surface area contributed by atoms with Crippen LogP contribution >= 0.6 is 0 Å². The molecular weight excluding hydrogens is 120 g/mol. The van der Waals surface area contributed by atoms with E-state index in [0.717, 1.165) is 24.2 Å². The van der Waals surface area contributed by atoms with Gasteiger partial charge in [0.1, 0.15) is 0 Å². The van der Waals surface area contributed by atoms with Crippen LogP contribution in [0.25, 0.3) is 0 Å². The van der Waals surface area contributed by atoms with Crippen molar-refractivity contribution in [3.8, 4) is 0 Å². The molecule has 0 aromatic rings. The molecule has 0 aromatic carbocycles. The Kier molecular flexibility index (Phi) is 2.18. The van der Waals surface area contributed by atoms with Gasteiger partial charge >= 0.3 is 0 Å². The molecule has 0 aliphatic heterocycles. The lowest BCUT2D eigenvalue weighted by molar-refractivity contribution is 0.544. The summed E-state index contributed by atoms with van der Waals surface area (Å²) in [5.74, 6) is 2.71. The van der Waals surface area contributed by atoms with Crippen LogP contribution in [0.15, 0.2) is 12.2 Å². The molecule has 58 valence electrons. The second kappa shape index (κ2) is 2.77. The lowest BCUT2D eigenvalue weighted by Crippen LogP contribution is -2.00. The van der Waals surface area contributed by atoms with Crippen molar-refractivity contribution in [3.05, 3.63) is 12.2 Å². The Bertz CT molecular complexity index is 135. The average Bonchev–Trinajstić information content (AvgIpc) is 2.63. The van der Waals surface area contributed by atoms with Crippen molar-refractivity contribution in [2.24, 2.45) is 17.8 Å². The lowest BCUT2D eigenvalue weighted by Gasteiger charge is -2.11. The van der Waals surface area contributed by atoms with Gasteiger partial charge < -0.3 is 0 Å². The van der Waals surface area contributed by atoms with Crippen LogP contribution in [0.1, 0.15) is 33.6 Å². The Morgan fingerprint density at radius 1 is 1.70 bits per heavy atom. The molecule has 10 heavy (non-hydrogen) atoms. The Balaban J connectivity index is 2.34. The molecule has 0 heterocycles. The maximum Gasteiger partial charge on any atom is -0.0203 e. The van der Waals surface area contributed by atoms with Crippen molar-refractivity contribution >= 4 is 0 Å². The monoisotopic (exact) mass is 138 g/mol. The van der Waals surface area contributed by atoms with Crippen LogP contribution in [0.2, 0.25) is 0 Å². The van der Waals surface area contributed by atoms with Crippen LogP contribution in [0.3, 0.4) is 0 Å². The smallest absolute Gasteiger partial charge is 0.0203 e. The third-order valence-corrected chi connectivity index (χ3v) is 2.91. The second-order valence-electron chi connectivity index (χ2n) is 3.68. The molecule has 0 radical (unpaired) electrons. The standard InChI is InChI=1S/C10H18/c1-5-7(2)9(4)10-6-8(10)3/h8-10H,2,5-6H2,1,3-4H3. The maximum atomic E-state index is 4.07. The van der Waals surface area contributed by atoms with E-state index in [9.17, 15) is 0 Å². The first kappa shape index (κ1) is 7.84. The van der Waals surface area contributed by atoms with Crippen LogP contribution in [0.5, 0.6) is 0 Å². The molecule has 1 aliphatic carbocycles. The van der Waals surface area contributed by atoms with Crippen molar-refractivity contribution in [3.63, 3.8) is 0 Å². The van der Waals surface area contributed by atoms with Crippen LogP contribution in [0.4, 0.5) is 0 Å². The highest BCUT2D eigenvalue weighted by atomic mass is 14.4. The number of allylic oxidation sites excluding steroid dienone is 1. The zero-order valence-corrected chi connectivity index (χ0v) is 7.35. The van der Waals surface area contributed by atoms with Crippen LogP contribution in [-0.2, 0) is 0 Å². The molecule has 0 heteroatoms. The van der Waals surface area contributed by atoms with E-state index in [-0.39, 0.29) is 0 Å². The van der Waals surface area contributed by atoms with Crippen LogP contribution in [-0.4, -0.2) is 0 Å². The summed E-state index contributed by atoms with van der Waals surface area (Å²) in [7, 11) is 0. The zero-order valence-electron chi connectivity index (χ0n) is 7.35. The van der Waals surface area contributed by atoms with Crippen molar-refractivity contribution in [2.45, 2.75) is 33.6 Å².